The molecule has 0 bridgehead atoms. The van der Waals surface area contributed by atoms with Crippen molar-refractivity contribution in [3.63, 3.8) is 0 Å². The maximum absolute atomic E-state index is 12.9. The topological polar surface area (TPSA) is 70.1 Å². The van der Waals surface area contributed by atoms with Crippen LogP contribution in [0.4, 0.5) is 19.0 Å². The van der Waals surface area contributed by atoms with Crippen LogP contribution in [-0.2, 0) is 17.5 Å². The molecule has 1 aromatic carbocycles. The van der Waals surface area contributed by atoms with Crippen LogP contribution in [0.5, 0.6) is 0 Å². The largest absolute Gasteiger partial charge is 0.417 e. The van der Waals surface area contributed by atoms with Crippen LogP contribution in [0.15, 0.2) is 42.6 Å². The number of hydrogen-bond donors (Lipinski definition) is 1. The summed E-state index contributed by atoms with van der Waals surface area (Å²) >= 11 is 5.32. The summed E-state index contributed by atoms with van der Waals surface area (Å²) in [6, 6.07) is 10.2. The van der Waals surface area contributed by atoms with Crippen LogP contribution >= 0.6 is 12.2 Å². The van der Waals surface area contributed by atoms with Gasteiger partial charge in [-0.1, -0.05) is 29.8 Å². The van der Waals surface area contributed by atoms with E-state index in [9.17, 15) is 18.0 Å². The molecule has 1 amide bonds. The molecule has 1 aliphatic rings. The molecule has 3 heterocycles. The number of alkyl halides is 3. The zero-order valence-electron chi connectivity index (χ0n) is 17.3. The number of aromatic amines is 1. The van der Waals surface area contributed by atoms with Crippen LogP contribution in [0.3, 0.4) is 0 Å². The highest BCUT2D eigenvalue weighted by molar-refractivity contribution is 7.71. The van der Waals surface area contributed by atoms with E-state index in [1.165, 1.54) is 6.07 Å². The number of halogens is 3. The number of pyridine rings is 1. The van der Waals surface area contributed by atoms with E-state index in [-0.39, 0.29) is 12.5 Å². The number of carbonyl (C=O) groups excluding carboxylic acids is 1. The fourth-order valence-electron chi connectivity index (χ4n) is 3.55. The minimum absolute atomic E-state index is 0.0527. The van der Waals surface area contributed by atoms with E-state index in [4.69, 9.17) is 12.2 Å². The molecule has 0 unspecified atom stereocenters. The number of rotatable bonds is 4. The molecule has 1 aliphatic heterocycles. The van der Waals surface area contributed by atoms with E-state index < -0.39 is 11.7 Å². The first kappa shape index (κ1) is 22.0. The molecule has 1 N–H and O–H groups in total. The predicted octanol–water partition coefficient (Wildman–Crippen LogP) is 3.68. The van der Waals surface area contributed by atoms with Gasteiger partial charge in [-0.25, -0.2) is 4.98 Å². The number of amides is 1. The standard InChI is InChI=1S/C21H21F3N6OS/c1-14-2-4-15(5-3-14)19-26-27-20(32)30(19)13-18(31)29-10-8-28(9-11-29)17-7-6-16(12-25-17)21(22,23)24/h2-7,12H,8-11,13H2,1H3,(H,27,32). The number of benzene rings is 1. The zero-order valence-corrected chi connectivity index (χ0v) is 18.1. The Bertz CT molecular complexity index is 1150. The van der Waals surface area contributed by atoms with Gasteiger partial charge in [0, 0.05) is 37.9 Å². The number of carbonyl (C=O) groups is 1. The Morgan fingerprint density at radius 1 is 1.09 bits per heavy atom. The Kier molecular flexibility index (Phi) is 6.00. The number of anilines is 1. The Morgan fingerprint density at radius 3 is 2.38 bits per heavy atom. The molecule has 0 aliphatic carbocycles. The molecule has 7 nitrogen and oxygen atoms in total. The third kappa shape index (κ3) is 4.67. The second-order valence-corrected chi connectivity index (χ2v) is 7.96. The van der Waals surface area contributed by atoms with E-state index in [1.54, 1.807) is 9.47 Å². The van der Waals surface area contributed by atoms with Gasteiger partial charge in [-0.15, -0.1) is 0 Å². The Hall–Kier alpha value is -3.21. The number of piperazine rings is 1. The highest BCUT2D eigenvalue weighted by Gasteiger charge is 2.31. The Morgan fingerprint density at radius 2 is 1.78 bits per heavy atom. The summed E-state index contributed by atoms with van der Waals surface area (Å²) < 4.78 is 40.2. The Balaban J connectivity index is 1.40. The number of hydrogen-bond acceptors (Lipinski definition) is 5. The molecule has 2 aromatic heterocycles. The Labute approximate surface area is 187 Å². The van der Waals surface area contributed by atoms with Crippen molar-refractivity contribution in [3.05, 3.63) is 58.5 Å². The predicted molar refractivity (Wildman–Crippen MR) is 116 cm³/mol. The van der Waals surface area contributed by atoms with Crippen molar-refractivity contribution in [2.75, 3.05) is 31.1 Å². The van der Waals surface area contributed by atoms with Gasteiger partial charge in [0.05, 0.1) is 5.56 Å². The smallest absolute Gasteiger partial charge is 0.353 e. The molecular formula is C21H21F3N6OS. The number of H-pyrrole nitrogens is 1. The summed E-state index contributed by atoms with van der Waals surface area (Å²) in [5.41, 5.74) is 1.19. The molecule has 0 atom stereocenters. The minimum Gasteiger partial charge on any atom is -0.353 e. The van der Waals surface area contributed by atoms with Gasteiger partial charge in [-0.2, -0.15) is 18.3 Å². The van der Waals surface area contributed by atoms with Crippen molar-refractivity contribution in [2.24, 2.45) is 0 Å². The van der Waals surface area contributed by atoms with Gasteiger partial charge in [-0.05, 0) is 31.3 Å². The van der Waals surface area contributed by atoms with Crippen molar-refractivity contribution < 1.29 is 18.0 Å². The van der Waals surface area contributed by atoms with E-state index in [0.29, 0.717) is 42.6 Å². The first-order chi connectivity index (χ1) is 15.2. The molecular weight excluding hydrogens is 441 g/mol. The number of aryl methyl sites for hydroxylation is 1. The molecule has 4 rings (SSSR count). The third-order valence-corrected chi connectivity index (χ3v) is 5.70. The monoisotopic (exact) mass is 462 g/mol. The van der Waals surface area contributed by atoms with Gasteiger partial charge in [0.2, 0.25) is 5.91 Å². The second-order valence-electron chi connectivity index (χ2n) is 7.58. The maximum atomic E-state index is 12.9. The first-order valence-electron chi connectivity index (χ1n) is 10.0. The highest BCUT2D eigenvalue weighted by atomic mass is 32.1. The average molecular weight is 463 g/mol. The van der Waals surface area contributed by atoms with Crippen LogP contribution in [0, 0.1) is 11.7 Å². The summed E-state index contributed by atoms with van der Waals surface area (Å²) in [5.74, 6) is 0.954. The lowest BCUT2D eigenvalue weighted by atomic mass is 10.1. The van der Waals surface area contributed by atoms with E-state index >= 15 is 0 Å². The van der Waals surface area contributed by atoms with E-state index in [2.05, 4.69) is 15.2 Å². The van der Waals surface area contributed by atoms with Crippen LogP contribution in [0.2, 0.25) is 0 Å². The quantitative estimate of drug-likeness (QED) is 0.599. The lowest BCUT2D eigenvalue weighted by Gasteiger charge is -2.35. The van der Waals surface area contributed by atoms with Gasteiger partial charge in [-0.3, -0.25) is 14.5 Å². The maximum Gasteiger partial charge on any atom is 0.417 e. The van der Waals surface area contributed by atoms with Gasteiger partial charge < -0.3 is 9.80 Å². The molecule has 1 fully saturated rings. The van der Waals surface area contributed by atoms with Crippen LogP contribution < -0.4 is 4.90 Å². The molecule has 168 valence electrons. The molecule has 0 radical (unpaired) electrons. The first-order valence-corrected chi connectivity index (χ1v) is 10.4. The summed E-state index contributed by atoms with van der Waals surface area (Å²) in [6.07, 6.45) is -3.58. The molecule has 32 heavy (non-hydrogen) atoms. The average Bonchev–Trinajstić information content (AvgIpc) is 3.14. The molecule has 0 saturated carbocycles. The van der Waals surface area contributed by atoms with Crippen molar-refractivity contribution in [1.82, 2.24) is 24.6 Å². The summed E-state index contributed by atoms with van der Waals surface area (Å²) in [6.45, 7) is 3.87. The number of nitrogens with zero attached hydrogens (tertiary/aromatic N) is 5. The van der Waals surface area contributed by atoms with Crippen molar-refractivity contribution in [1.29, 1.82) is 0 Å². The van der Waals surface area contributed by atoms with E-state index in [0.717, 1.165) is 23.4 Å². The van der Waals surface area contributed by atoms with Crippen LogP contribution in [-0.4, -0.2) is 56.7 Å². The fourth-order valence-corrected chi connectivity index (χ4v) is 3.75. The van der Waals surface area contributed by atoms with Crippen molar-refractivity contribution >= 4 is 23.9 Å². The summed E-state index contributed by atoms with van der Waals surface area (Å²) in [4.78, 5) is 20.4. The lowest BCUT2D eigenvalue weighted by molar-refractivity contribution is -0.138. The van der Waals surface area contributed by atoms with Gasteiger partial charge in [0.1, 0.15) is 12.4 Å². The van der Waals surface area contributed by atoms with Crippen molar-refractivity contribution in [2.45, 2.75) is 19.6 Å². The number of aromatic nitrogens is 4. The normalized spacial score (nSPS) is 14.6. The van der Waals surface area contributed by atoms with E-state index in [1.807, 2.05) is 36.1 Å². The van der Waals surface area contributed by atoms with Crippen LogP contribution in [0.25, 0.3) is 11.4 Å². The number of nitrogens with one attached hydrogen (secondary N) is 1. The van der Waals surface area contributed by atoms with Gasteiger partial charge in [0.25, 0.3) is 0 Å². The molecule has 3 aromatic rings. The van der Waals surface area contributed by atoms with Crippen LogP contribution in [0.1, 0.15) is 11.1 Å². The SMILES string of the molecule is Cc1ccc(-c2n[nH]c(=S)n2CC(=O)N2CCN(c3ccc(C(F)(F)F)cn3)CC2)cc1. The molecule has 11 heteroatoms. The van der Waals surface area contributed by atoms with Crippen molar-refractivity contribution in [3.8, 4) is 11.4 Å². The van der Waals surface area contributed by atoms with Gasteiger partial charge >= 0.3 is 6.18 Å². The third-order valence-electron chi connectivity index (χ3n) is 5.39. The zero-order chi connectivity index (χ0) is 22.9. The summed E-state index contributed by atoms with van der Waals surface area (Å²) in [5, 5.41) is 7.02. The highest BCUT2D eigenvalue weighted by Crippen LogP contribution is 2.29. The molecule has 0 spiro atoms. The summed E-state index contributed by atoms with van der Waals surface area (Å²) in [7, 11) is 0. The second kappa shape index (κ2) is 8.73. The van der Waals surface area contributed by atoms with Gasteiger partial charge in [0.15, 0.2) is 10.6 Å². The lowest BCUT2D eigenvalue weighted by Crippen LogP contribution is -2.49. The fraction of sp³-hybridized carbons (Fsp3) is 0.333. The minimum atomic E-state index is -4.41. The molecule has 1 saturated heterocycles.